The van der Waals surface area contributed by atoms with Gasteiger partial charge < -0.3 is 15.2 Å². The number of hydrogen-bond donors (Lipinski definition) is 1. The Kier molecular flexibility index (Phi) is 4.97. The van der Waals surface area contributed by atoms with Crippen molar-refractivity contribution in [3.05, 3.63) is 90.2 Å². The molecule has 1 aliphatic rings. The highest BCUT2D eigenvalue weighted by Crippen LogP contribution is 2.37. The smallest absolute Gasteiger partial charge is 0.294 e. The summed E-state index contributed by atoms with van der Waals surface area (Å²) < 4.78 is 11.6. The van der Waals surface area contributed by atoms with Gasteiger partial charge in [0.15, 0.2) is 11.5 Å². The molecule has 140 valence electrons. The summed E-state index contributed by atoms with van der Waals surface area (Å²) in [4.78, 5) is 14.7. The van der Waals surface area contributed by atoms with Gasteiger partial charge in [-0.05, 0) is 42.0 Å². The molecular weight excluding hydrogens is 352 g/mol. The van der Waals surface area contributed by atoms with Gasteiger partial charge >= 0.3 is 0 Å². The standard InChI is InChI=1S/C23H20N2O3/c24-18-11-12-21-20(16-18)25(13-14-27-19-9-5-2-6-10-19)23(26)22(28-21)15-17-7-3-1-4-8-17/h1-12,15-16H,13-14,24H2/b22-15+. The molecule has 0 saturated heterocycles. The molecule has 1 amide bonds. The molecule has 28 heavy (non-hydrogen) atoms. The summed E-state index contributed by atoms with van der Waals surface area (Å²) in [6.45, 7) is 0.724. The minimum absolute atomic E-state index is 0.224. The largest absolute Gasteiger partial charge is 0.492 e. The second-order valence-corrected chi connectivity index (χ2v) is 6.37. The van der Waals surface area contributed by atoms with E-state index < -0.39 is 0 Å². The molecule has 3 aromatic rings. The number of nitrogens with two attached hydrogens (primary N) is 1. The number of benzene rings is 3. The molecule has 0 spiro atoms. The molecule has 0 radical (unpaired) electrons. The Balaban J connectivity index is 1.60. The fourth-order valence-electron chi connectivity index (χ4n) is 3.02. The average molecular weight is 372 g/mol. The lowest BCUT2D eigenvalue weighted by atomic mass is 10.1. The van der Waals surface area contributed by atoms with Crippen LogP contribution in [0.5, 0.6) is 11.5 Å². The number of rotatable bonds is 5. The summed E-state index contributed by atoms with van der Waals surface area (Å²) in [6, 6.07) is 24.4. The van der Waals surface area contributed by atoms with Gasteiger partial charge in [0.2, 0.25) is 0 Å². The highest BCUT2D eigenvalue weighted by molar-refractivity contribution is 6.10. The number of nitrogens with zero attached hydrogens (tertiary/aromatic N) is 1. The molecule has 3 aromatic carbocycles. The summed E-state index contributed by atoms with van der Waals surface area (Å²) in [7, 11) is 0. The van der Waals surface area contributed by atoms with E-state index in [0.29, 0.717) is 30.3 Å². The molecule has 1 aliphatic heterocycles. The van der Waals surface area contributed by atoms with Crippen LogP contribution >= 0.6 is 0 Å². The zero-order chi connectivity index (χ0) is 19.3. The van der Waals surface area contributed by atoms with Gasteiger partial charge in [0.1, 0.15) is 12.4 Å². The SMILES string of the molecule is Nc1ccc2c(c1)N(CCOc1ccccc1)C(=O)/C(=C\c1ccccc1)O2. The molecule has 0 aliphatic carbocycles. The van der Waals surface area contributed by atoms with E-state index in [1.54, 1.807) is 29.2 Å². The maximum atomic E-state index is 13.1. The van der Waals surface area contributed by atoms with Gasteiger partial charge in [0.25, 0.3) is 5.91 Å². The third-order valence-corrected chi connectivity index (χ3v) is 4.37. The lowest BCUT2D eigenvalue weighted by Gasteiger charge is -2.30. The highest BCUT2D eigenvalue weighted by Gasteiger charge is 2.30. The van der Waals surface area contributed by atoms with Crippen LogP contribution in [0.25, 0.3) is 6.08 Å². The molecule has 0 aromatic heterocycles. The zero-order valence-corrected chi connectivity index (χ0v) is 15.2. The van der Waals surface area contributed by atoms with Crippen LogP contribution in [0.1, 0.15) is 5.56 Å². The summed E-state index contributed by atoms with van der Waals surface area (Å²) in [5, 5.41) is 0. The molecule has 4 rings (SSSR count). The van der Waals surface area contributed by atoms with Gasteiger partial charge in [-0.3, -0.25) is 9.69 Å². The van der Waals surface area contributed by atoms with Crippen LogP contribution in [0, 0.1) is 0 Å². The van der Waals surface area contributed by atoms with E-state index in [4.69, 9.17) is 15.2 Å². The van der Waals surface area contributed by atoms with Gasteiger partial charge in [0.05, 0.1) is 12.2 Å². The number of para-hydroxylation sites is 1. The Bertz CT molecular complexity index is 1000. The lowest BCUT2D eigenvalue weighted by Crippen LogP contribution is -2.40. The molecule has 0 saturated carbocycles. The van der Waals surface area contributed by atoms with Crippen molar-refractivity contribution in [3.63, 3.8) is 0 Å². The first kappa shape index (κ1) is 17.7. The normalized spacial score (nSPS) is 14.5. The average Bonchev–Trinajstić information content (AvgIpc) is 2.72. The predicted molar refractivity (Wildman–Crippen MR) is 110 cm³/mol. The highest BCUT2D eigenvalue weighted by atomic mass is 16.5. The monoisotopic (exact) mass is 372 g/mol. The maximum absolute atomic E-state index is 13.1. The number of nitrogen functional groups attached to an aromatic ring is 1. The van der Waals surface area contributed by atoms with Crippen molar-refractivity contribution in [2.75, 3.05) is 23.8 Å². The number of fused-ring (bicyclic) bond motifs is 1. The predicted octanol–water partition coefficient (Wildman–Crippen LogP) is 4.11. The molecule has 2 N–H and O–H groups in total. The second-order valence-electron chi connectivity index (χ2n) is 6.37. The number of ether oxygens (including phenoxy) is 2. The van der Waals surface area contributed by atoms with Crippen molar-refractivity contribution in [3.8, 4) is 11.5 Å². The van der Waals surface area contributed by atoms with Crippen molar-refractivity contribution in [1.29, 1.82) is 0 Å². The molecule has 5 nitrogen and oxygen atoms in total. The Morgan fingerprint density at radius 1 is 0.964 bits per heavy atom. The third-order valence-electron chi connectivity index (χ3n) is 4.37. The summed E-state index contributed by atoms with van der Waals surface area (Å²) >= 11 is 0. The number of hydrogen-bond acceptors (Lipinski definition) is 4. The quantitative estimate of drug-likeness (QED) is 0.541. The Hall–Kier alpha value is -3.73. The van der Waals surface area contributed by atoms with Crippen molar-refractivity contribution >= 4 is 23.4 Å². The van der Waals surface area contributed by atoms with Crippen LogP contribution < -0.4 is 20.1 Å². The number of amides is 1. The Morgan fingerprint density at radius 3 is 2.43 bits per heavy atom. The summed E-state index contributed by atoms with van der Waals surface area (Å²) in [5.74, 6) is 1.40. The minimum Gasteiger partial charge on any atom is -0.492 e. The number of anilines is 2. The van der Waals surface area contributed by atoms with Gasteiger partial charge in [-0.2, -0.15) is 0 Å². The first-order valence-corrected chi connectivity index (χ1v) is 9.04. The van der Waals surface area contributed by atoms with Crippen molar-refractivity contribution < 1.29 is 14.3 Å². The van der Waals surface area contributed by atoms with Crippen molar-refractivity contribution in [1.82, 2.24) is 0 Å². The number of carbonyl (C=O) groups excluding carboxylic acids is 1. The van der Waals surface area contributed by atoms with Crippen LogP contribution in [-0.4, -0.2) is 19.1 Å². The first-order chi connectivity index (χ1) is 13.7. The van der Waals surface area contributed by atoms with E-state index in [9.17, 15) is 4.79 Å². The van der Waals surface area contributed by atoms with Gasteiger partial charge in [-0.15, -0.1) is 0 Å². The summed E-state index contributed by atoms with van der Waals surface area (Å²) in [5.41, 5.74) is 8.04. The topological polar surface area (TPSA) is 64.8 Å². The van der Waals surface area contributed by atoms with E-state index in [0.717, 1.165) is 11.3 Å². The first-order valence-electron chi connectivity index (χ1n) is 9.04. The fourth-order valence-corrected chi connectivity index (χ4v) is 3.02. The van der Waals surface area contributed by atoms with Crippen molar-refractivity contribution in [2.24, 2.45) is 0 Å². The molecule has 5 heteroatoms. The lowest BCUT2D eigenvalue weighted by molar-refractivity contribution is -0.117. The summed E-state index contributed by atoms with van der Waals surface area (Å²) in [6.07, 6.45) is 1.74. The zero-order valence-electron chi connectivity index (χ0n) is 15.2. The molecule has 0 fully saturated rings. The van der Waals surface area contributed by atoms with Crippen molar-refractivity contribution in [2.45, 2.75) is 0 Å². The van der Waals surface area contributed by atoms with E-state index in [-0.39, 0.29) is 11.7 Å². The van der Waals surface area contributed by atoms with Crippen LogP contribution in [0.3, 0.4) is 0 Å². The fraction of sp³-hybridized carbons (Fsp3) is 0.0870. The van der Waals surface area contributed by atoms with E-state index in [1.165, 1.54) is 0 Å². The molecule has 0 atom stereocenters. The molecule has 1 heterocycles. The maximum Gasteiger partial charge on any atom is 0.294 e. The third kappa shape index (κ3) is 3.83. The van der Waals surface area contributed by atoms with E-state index >= 15 is 0 Å². The minimum atomic E-state index is -0.224. The Morgan fingerprint density at radius 2 is 1.68 bits per heavy atom. The van der Waals surface area contributed by atoms with Crippen LogP contribution in [0.4, 0.5) is 11.4 Å². The van der Waals surface area contributed by atoms with Gasteiger partial charge in [-0.25, -0.2) is 0 Å². The Labute approximate surface area is 163 Å². The molecule has 0 unspecified atom stereocenters. The van der Waals surface area contributed by atoms with E-state index in [2.05, 4.69) is 0 Å². The van der Waals surface area contributed by atoms with E-state index in [1.807, 2.05) is 60.7 Å². The molecule has 0 bridgehead atoms. The molecular formula is C23H20N2O3. The van der Waals surface area contributed by atoms with Crippen LogP contribution in [0.2, 0.25) is 0 Å². The van der Waals surface area contributed by atoms with Gasteiger partial charge in [-0.1, -0.05) is 48.5 Å². The van der Waals surface area contributed by atoms with Crippen LogP contribution in [-0.2, 0) is 4.79 Å². The second kappa shape index (κ2) is 7.88. The van der Waals surface area contributed by atoms with Gasteiger partial charge in [0, 0.05) is 5.69 Å². The number of carbonyl (C=O) groups is 1. The van der Waals surface area contributed by atoms with Crippen LogP contribution in [0.15, 0.2) is 84.6 Å².